The minimum Gasteiger partial charge on any atom is -0.495 e. The van der Waals surface area contributed by atoms with Crippen molar-refractivity contribution in [2.45, 2.75) is 12.9 Å². The van der Waals surface area contributed by atoms with Gasteiger partial charge in [0.05, 0.1) is 18.5 Å². The Bertz CT molecular complexity index is 1340. The molecule has 2 heterocycles. The molecule has 2 N–H and O–H groups in total. The molecule has 1 aliphatic rings. The quantitative estimate of drug-likeness (QED) is 0.348. The molecule has 3 aromatic carbocycles. The minimum absolute atomic E-state index is 0.247. The summed E-state index contributed by atoms with van der Waals surface area (Å²) in [4.78, 5) is 4.62. The summed E-state index contributed by atoms with van der Waals surface area (Å²) >= 11 is 1.41. The molecule has 0 saturated carbocycles. The zero-order chi connectivity index (χ0) is 23.5. The highest BCUT2D eigenvalue weighted by Crippen LogP contribution is 2.41. The first-order valence-electron chi connectivity index (χ1n) is 10.5. The van der Waals surface area contributed by atoms with Crippen LogP contribution in [-0.4, -0.2) is 23.5 Å². The van der Waals surface area contributed by atoms with E-state index in [4.69, 9.17) is 14.2 Å². The van der Waals surface area contributed by atoms with Crippen molar-refractivity contribution in [1.29, 1.82) is 0 Å². The SMILES string of the molecule is COc1ccccc1Nc1nc(C2=Cc3cccc(OCc4ccc(F)cc4)c3OC2O)cs1. The first-order valence-corrected chi connectivity index (χ1v) is 11.4. The Balaban J connectivity index is 1.36. The number of thiazole rings is 1. The molecule has 0 bridgehead atoms. The fraction of sp³-hybridized carbons (Fsp3) is 0.115. The van der Waals surface area contributed by atoms with E-state index in [1.54, 1.807) is 25.3 Å². The van der Waals surface area contributed by atoms with Crippen LogP contribution in [0, 0.1) is 5.82 Å². The van der Waals surface area contributed by atoms with Crippen molar-refractivity contribution in [3.05, 3.63) is 94.7 Å². The second-order valence-electron chi connectivity index (χ2n) is 7.52. The molecule has 1 aliphatic heterocycles. The van der Waals surface area contributed by atoms with E-state index >= 15 is 0 Å². The number of nitrogens with zero attached hydrogens (tertiary/aromatic N) is 1. The number of benzene rings is 3. The lowest BCUT2D eigenvalue weighted by atomic mass is 10.0. The standard InChI is InChI=1S/C26H21FN2O4S/c1-31-22-7-3-2-6-20(22)28-26-29-21(15-34-26)19-13-17-5-4-8-23(24(17)33-25(19)30)32-14-16-9-11-18(27)12-10-16/h2-13,15,25,30H,14H2,1H3,(H,28,29). The highest BCUT2D eigenvalue weighted by atomic mass is 32.1. The van der Waals surface area contributed by atoms with E-state index in [-0.39, 0.29) is 12.4 Å². The van der Waals surface area contributed by atoms with Crippen LogP contribution in [-0.2, 0) is 6.61 Å². The van der Waals surface area contributed by atoms with Crippen LogP contribution >= 0.6 is 11.3 Å². The number of hydrogen-bond donors (Lipinski definition) is 2. The van der Waals surface area contributed by atoms with Gasteiger partial charge in [0.1, 0.15) is 18.2 Å². The van der Waals surface area contributed by atoms with E-state index < -0.39 is 6.29 Å². The molecular formula is C26H21FN2O4S. The van der Waals surface area contributed by atoms with Gasteiger partial charge < -0.3 is 24.6 Å². The molecular weight excluding hydrogens is 455 g/mol. The van der Waals surface area contributed by atoms with Gasteiger partial charge in [-0.2, -0.15) is 0 Å². The largest absolute Gasteiger partial charge is 0.495 e. The van der Waals surface area contributed by atoms with Crippen LogP contribution in [0.5, 0.6) is 17.2 Å². The normalized spacial score (nSPS) is 14.6. The van der Waals surface area contributed by atoms with Gasteiger partial charge in [-0.25, -0.2) is 9.37 Å². The van der Waals surface area contributed by atoms with Gasteiger partial charge in [0, 0.05) is 16.5 Å². The number of fused-ring (bicyclic) bond motifs is 1. The van der Waals surface area contributed by atoms with E-state index in [2.05, 4.69) is 10.3 Å². The van der Waals surface area contributed by atoms with Crippen LogP contribution < -0.4 is 19.5 Å². The Hall–Kier alpha value is -3.88. The molecule has 34 heavy (non-hydrogen) atoms. The first kappa shape index (κ1) is 21.9. The molecule has 1 atom stereocenters. The number of para-hydroxylation sites is 3. The zero-order valence-corrected chi connectivity index (χ0v) is 19.0. The van der Waals surface area contributed by atoms with Crippen LogP contribution in [0.2, 0.25) is 0 Å². The summed E-state index contributed by atoms with van der Waals surface area (Å²) in [6, 6.07) is 19.2. The number of ether oxygens (including phenoxy) is 3. The molecule has 6 nitrogen and oxygen atoms in total. The lowest BCUT2D eigenvalue weighted by Gasteiger charge is -2.24. The molecule has 1 aromatic heterocycles. The first-order chi connectivity index (χ1) is 16.6. The zero-order valence-electron chi connectivity index (χ0n) is 18.2. The maximum Gasteiger partial charge on any atom is 0.226 e. The second-order valence-corrected chi connectivity index (χ2v) is 8.38. The molecule has 0 saturated heterocycles. The minimum atomic E-state index is -1.20. The van der Waals surface area contributed by atoms with Gasteiger partial charge in [-0.15, -0.1) is 11.3 Å². The van der Waals surface area contributed by atoms with Crippen molar-refractivity contribution in [3.8, 4) is 17.2 Å². The Morgan fingerprint density at radius 1 is 1.06 bits per heavy atom. The summed E-state index contributed by atoms with van der Waals surface area (Å²) in [5, 5.41) is 16.5. The monoisotopic (exact) mass is 476 g/mol. The highest BCUT2D eigenvalue weighted by molar-refractivity contribution is 7.13. The van der Waals surface area contributed by atoms with Gasteiger partial charge in [0.15, 0.2) is 16.6 Å². The van der Waals surface area contributed by atoms with Gasteiger partial charge in [-0.05, 0) is 42.0 Å². The maximum absolute atomic E-state index is 13.1. The van der Waals surface area contributed by atoms with Crippen molar-refractivity contribution in [3.63, 3.8) is 0 Å². The summed E-state index contributed by atoms with van der Waals surface area (Å²) in [6.45, 7) is 0.247. The smallest absolute Gasteiger partial charge is 0.226 e. The molecule has 172 valence electrons. The van der Waals surface area contributed by atoms with Crippen LogP contribution in [0.15, 0.2) is 72.1 Å². The second kappa shape index (κ2) is 9.54. The molecule has 0 spiro atoms. The van der Waals surface area contributed by atoms with Gasteiger partial charge in [0.25, 0.3) is 0 Å². The predicted molar refractivity (Wildman–Crippen MR) is 130 cm³/mol. The number of nitrogens with one attached hydrogen (secondary N) is 1. The fourth-order valence-corrected chi connectivity index (χ4v) is 4.30. The van der Waals surface area contributed by atoms with Gasteiger partial charge in [-0.3, -0.25) is 0 Å². The van der Waals surface area contributed by atoms with E-state index in [0.29, 0.717) is 33.6 Å². The average molecular weight is 477 g/mol. The molecule has 1 unspecified atom stereocenters. The lowest BCUT2D eigenvalue weighted by molar-refractivity contribution is 0.0288. The predicted octanol–water partition coefficient (Wildman–Crippen LogP) is 5.86. The third-order valence-electron chi connectivity index (χ3n) is 5.27. The molecule has 0 fully saturated rings. The Morgan fingerprint density at radius 3 is 2.68 bits per heavy atom. The molecule has 0 radical (unpaired) electrons. The summed E-state index contributed by atoms with van der Waals surface area (Å²) in [5.74, 6) is 1.35. The Morgan fingerprint density at radius 2 is 1.85 bits per heavy atom. The van der Waals surface area contributed by atoms with Crippen molar-refractivity contribution in [2.24, 2.45) is 0 Å². The van der Waals surface area contributed by atoms with Crippen molar-refractivity contribution in [2.75, 3.05) is 12.4 Å². The van der Waals surface area contributed by atoms with Crippen LogP contribution in [0.4, 0.5) is 15.2 Å². The molecule has 4 aromatic rings. The van der Waals surface area contributed by atoms with Gasteiger partial charge in [0.2, 0.25) is 6.29 Å². The molecule has 8 heteroatoms. The van der Waals surface area contributed by atoms with Gasteiger partial charge >= 0.3 is 0 Å². The maximum atomic E-state index is 13.1. The summed E-state index contributed by atoms with van der Waals surface area (Å²) in [5.41, 5.74) is 3.55. The number of aliphatic hydroxyl groups excluding tert-OH is 1. The van der Waals surface area contributed by atoms with E-state index in [0.717, 1.165) is 16.8 Å². The van der Waals surface area contributed by atoms with E-state index in [1.807, 2.05) is 47.9 Å². The van der Waals surface area contributed by atoms with Crippen molar-refractivity contribution in [1.82, 2.24) is 4.98 Å². The van der Waals surface area contributed by atoms with Crippen LogP contribution in [0.25, 0.3) is 11.6 Å². The van der Waals surface area contributed by atoms with E-state index in [1.165, 1.54) is 23.5 Å². The fourth-order valence-electron chi connectivity index (χ4n) is 3.57. The number of methoxy groups -OCH3 is 1. The third-order valence-corrected chi connectivity index (χ3v) is 6.03. The van der Waals surface area contributed by atoms with Crippen LogP contribution in [0.1, 0.15) is 16.8 Å². The Labute approximate surface area is 199 Å². The van der Waals surface area contributed by atoms with Crippen molar-refractivity contribution < 1.29 is 23.7 Å². The topological polar surface area (TPSA) is 72.8 Å². The summed E-state index contributed by atoms with van der Waals surface area (Å²) < 4.78 is 30.2. The number of rotatable bonds is 7. The Kier molecular flexibility index (Phi) is 6.16. The van der Waals surface area contributed by atoms with E-state index in [9.17, 15) is 9.50 Å². The molecule has 5 rings (SSSR count). The average Bonchev–Trinajstić information content (AvgIpc) is 3.32. The number of hydrogen-bond acceptors (Lipinski definition) is 7. The number of anilines is 2. The number of aromatic nitrogens is 1. The van der Waals surface area contributed by atoms with Gasteiger partial charge in [-0.1, -0.05) is 36.4 Å². The van der Waals surface area contributed by atoms with Crippen LogP contribution in [0.3, 0.4) is 0 Å². The number of halogens is 1. The summed E-state index contributed by atoms with van der Waals surface area (Å²) in [7, 11) is 1.61. The lowest BCUT2D eigenvalue weighted by Crippen LogP contribution is -2.21. The number of aliphatic hydroxyl groups is 1. The third kappa shape index (κ3) is 4.59. The summed E-state index contributed by atoms with van der Waals surface area (Å²) in [6.07, 6.45) is 0.639. The highest BCUT2D eigenvalue weighted by Gasteiger charge is 2.26. The van der Waals surface area contributed by atoms with Crippen molar-refractivity contribution >= 4 is 33.8 Å². The molecule has 0 aliphatic carbocycles. The molecule has 0 amide bonds.